The predicted octanol–water partition coefficient (Wildman–Crippen LogP) is 1.75. The Kier molecular flexibility index (Phi) is 4.38. The van der Waals surface area contributed by atoms with Crippen molar-refractivity contribution in [2.75, 3.05) is 20.2 Å². The average molecular weight is 321 g/mol. The molecule has 0 radical (unpaired) electrons. The van der Waals surface area contributed by atoms with Crippen LogP contribution in [-0.4, -0.2) is 45.4 Å². The van der Waals surface area contributed by atoms with Gasteiger partial charge < -0.3 is 14.0 Å². The van der Waals surface area contributed by atoms with Gasteiger partial charge in [0.25, 0.3) is 5.91 Å². The number of benzene rings is 1. The maximum atomic E-state index is 12.5. The molecule has 2 heterocycles. The lowest BCUT2D eigenvalue weighted by atomic mass is 10.2. The Morgan fingerprint density at radius 1 is 1.33 bits per heavy atom. The lowest BCUT2D eigenvalue weighted by Crippen LogP contribution is -2.31. The van der Waals surface area contributed by atoms with Crippen molar-refractivity contribution in [3.63, 3.8) is 0 Å². The minimum atomic E-state index is -0.221. The van der Waals surface area contributed by atoms with Crippen LogP contribution >= 0.6 is 0 Å². The van der Waals surface area contributed by atoms with Crippen molar-refractivity contribution in [2.45, 2.75) is 0 Å². The van der Waals surface area contributed by atoms with E-state index in [9.17, 15) is 4.79 Å². The number of carbonyl (C=O) groups is 1. The van der Waals surface area contributed by atoms with Crippen LogP contribution in [0.4, 0.5) is 0 Å². The minimum absolute atomic E-state index is 0.221. The molecule has 0 bridgehead atoms. The first kappa shape index (κ1) is 15.5. The SMILES string of the molecule is CN(CCOc1cccc(C#N)c1)C(=O)c1nccn2ccnc12. The van der Waals surface area contributed by atoms with Crippen molar-refractivity contribution in [1.82, 2.24) is 19.3 Å². The molecular weight excluding hydrogens is 306 g/mol. The second kappa shape index (κ2) is 6.79. The monoisotopic (exact) mass is 321 g/mol. The van der Waals surface area contributed by atoms with Crippen molar-refractivity contribution < 1.29 is 9.53 Å². The number of fused-ring (bicyclic) bond motifs is 1. The van der Waals surface area contributed by atoms with E-state index in [1.165, 1.54) is 4.90 Å². The molecule has 0 saturated heterocycles. The zero-order valence-corrected chi connectivity index (χ0v) is 13.1. The number of imidazole rings is 1. The van der Waals surface area contributed by atoms with Gasteiger partial charge in [-0.3, -0.25) is 4.79 Å². The van der Waals surface area contributed by atoms with Gasteiger partial charge in [-0.15, -0.1) is 0 Å². The third-order valence-electron chi connectivity index (χ3n) is 3.52. The van der Waals surface area contributed by atoms with Gasteiger partial charge in [-0.05, 0) is 18.2 Å². The summed E-state index contributed by atoms with van der Waals surface area (Å²) in [6.45, 7) is 0.702. The predicted molar refractivity (Wildman–Crippen MR) is 86.6 cm³/mol. The number of nitriles is 1. The maximum absolute atomic E-state index is 12.5. The van der Waals surface area contributed by atoms with E-state index in [-0.39, 0.29) is 5.91 Å². The Hall–Kier alpha value is -3.40. The second-order valence-corrected chi connectivity index (χ2v) is 5.15. The van der Waals surface area contributed by atoms with Crippen molar-refractivity contribution in [3.05, 3.63) is 60.3 Å². The molecule has 120 valence electrons. The summed E-state index contributed by atoms with van der Waals surface area (Å²) in [5.74, 6) is 0.379. The molecule has 0 atom stereocenters. The highest BCUT2D eigenvalue weighted by Gasteiger charge is 2.17. The standard InChI is InChI=1S/C17H15N5O2/c1-21(9-10-24-14-4-2-3-13(11-14)12-18)17(23)15-16-20-6-8-22(16)7-5-19-15/h2-8,11H,9-10H2,1H3. The molecule has 0 N–H and O–H groups in total. The quantitative estimate of drug-likeness (QED) is 0.715. The average Bonchev–Trinajstić information content (AvgIpc) is 3.10. The molecule has 2 aromatic heterocycles. The summed E-state index contributed by atoms with van der Waals surface area (Å²) < 4.78 is 7.34. The molecule has 0 fully saturated rings. The van der Waals surface area contributed by atoms with E-state index >= 15 is 0 Å². The van der Waals surface area contributed by atoms with E-state index in [4.69, 9.17) is 10.00 Å². The Labute approximate surface area is 138 Å². The molecule has 0 spiro atoms. The smallest absolute Gasteiger partial charge is 0.276 e. The lowest BCUT2D eigenvalue weighted by Gasteiger charge is -2.17. The number of aromatic nitrogens is 3. The molecular formula is C17H15N5O2. The Morgan fingerprint density at radius 2 is 2.12 bits per heavy atom. The lowest BCUT2D eigenvalue weighted by molar-refractivity contribution is 0.0769. The zero-order chi connectivity index (χ0) is 16.9. The van der Waals surface area contributed by atoms with Crippen molar-refractivity contribution >= 4 is 11.6 Å². The molecule has 3 aromatic rings. The minimum Gasteiger partial charge on any atom is -0.492 e. The van der Waals surface area contributed by atoms with Gasteiger partial charge in [-0.1, -0.05) is 6.07 Å². The zero-order valence-electron chi connectivity index (χ0n) is 13.1. The molecule has 0 saturated carbocycles. The van der Waals surface area contributed by atoms with Crippen molar-refractivity contribution in [1.29, 1.82) is 5.26 Å². The van der Waals surface area contributed by atoms with E-state index in [0.717, 1.165) is 0 Å². The maximum Gasteiger partial charge on any atom is 0.276 e. The van der Waals surface area contributed by atoms with Gasteiger partial charge in [0.1, 0.15) is 12.4 Å². The first-order valence-electron chi connectivity index (χ1n) is 7.35. The van der Waals surface area contributed by atoms with Gasteiger partial charge in [-0.2, -0.15) is 5.26 Å². The largest absolute Gasteiger partial charge is 0.492 e. The van der Waals surface area contributed by atoms with Crippen LogP contribution in [0, 0.1) is 11.3 Å². The number of likely N-dealkylation sites (N-methyl/N-ethyl adjacent to an activating group) is 1. The number of nitrogens with zero attached hydrogens (tertiary/aromatic N) is 5. The van der Waals surface area contributed by atoms with Gasteiger partial charge in [0.05, 0.1) is 18.2 Å². The third-order valence-corrected chi connectivity index (χ3v) is 3.52. The highest BCUT2D eigenvalue weighted by molar-refractivity contribution is 5.97. The number of ether oxygens (including phenoxy) is 1. The van der Waals surface area contributed by atoms with Crippen LogP contribution < -0.4 is 4.74 Å². The molecule has 7 heteroatoms. The molecule has 1 amide bonds. The van der Waals surface area contributed by atoms with Gasteiger partial charge in [0.2, 0.25) is 0 Å². The number of amides is 1. The van der Waals surface area contributed by atoms with Crippen molar-refractivity contribution in [3.8, 4) is 11.8 Å². The summed E-state index contributed by atoms with van der Waals surface area (Å²) in [6.07, 6.45) is 6.70. The molecule has 7 nitrogen and oxygen atoms in total. The highest BCUT2D eigenvalue weighted by Crippen LogP contribution is 2.13. The molecule has 0 unspecified atom stereocenters. The first-order valence-corrected chi connectivity index (χ1v) is 7.35. The van der Waals surface area contributed by atoms with Crippen LogP contribution in [0.2, 0.25) is 0 Å². The van der Waals surface area contributed by atoms with Gasteiger partial charge in [0, 0.05) is 31.8 Å². The third kappa shape index (κ3) is 3.17. The van der Waals surface area contributed by atoms with Gasteiger partial charge >= 0.3 is 0 Å². The Morgan fingerprint density at radius 3 is 2.92 bits per heavy atom. The fraction of sp³-hybridized carbons (Fsp3) is 0.176. The molecule has 1 aromatic carbocycles. The summed E-state index contributed by atoms with van der Waals surface area (Å²) >= 11 is 0. The highest BCUT2D eigenvalue weighted by atomic mass is 16.5. The molecule has 24 heavy (non-hydrogen) atoms. The van der Waals surface area contributed by atoms with Gasteiger partial charge in [0.15, 0.2) is 11.3 Å². The van der Waals surface area contributed by atoms with Crippen LogP contribution in [0.1, 0.15) is 16.1 Å². The van der Waals surface area contributed by atoms with E-state index in [1.54, 1.807) is 60.5 Å². The molecule has 0 aliphatic rings. The van der Waals surface area contributed by atoms with E-state index in [0.29, 0.717) is 35.8 Å². The number of carbonyl (C=O) groups excluding carboxylic acids is 1. The summed E-state index contributed by atoms with van der Waals surface area (Å²) in [6, 6.07) is 8.96. The van der Waals surface area contributed by atoms with Crippen molar-refractivity contribution in [2.24, 2.45) is 0 Å². The van der Waals surface area contributed by atoms with Crippen LogP contribution in [0.3, 0.4) is 0 Å². The van der Waals surface area contributed by atoms with Crippen LogP contribution in [-0.2, 0) is 0 Å². The Balaban J connectivity index is 1.62. The summed E-state index contributed by atoms with van der Waals surface area (Å²) in [5.41, 5.74) is 1.36. The molecule has 0 aliphatic carbocycles. The summed E-state index contributed by atoms with van der Waals surface area (Å²) in [4.78, 5) is 22.3. The van der Waals surface area contributed by atoms with E-state index < -0.39 is 0 Å². The second-order valence-electron chi connectivity index (χ2n) is 5.15. The van der Waals surface area contributed by atoms with Crippen LogP contribution in [0.25, 0.3) is 5.65 Å². The van der Waals surface area contributed by atoms with Gasteiger partial charge in [-0.25, -0.2) is 9.97 Å². The topological polar surface area (TPSA) is 83.5 Å². The van der Waals surface area contributed by atoms with E-state index in [2.05, 4.69) is 16.0 Å². The first-order chi connectivity index (χ1) is 11.7. The summed E-state index contributed by atoms with van der Waals surface area (Å²) in [5, 5.41) is 8.87. The molecule has 3 rings (SSSR count). The molecule has 0 aliphatic heterocycles. The summed E-state index contributed by atoms with van der Waals surface area (Å²) in [7, 11) is 1.69. The van der Waals surface area contributed by atoms with E-state index in [1.807, 2.05) is 0 Å². The number of hydrogen-bond donors (Lipinski definition) is 0. The number of hydrogen-bond acceptors (Lipinski definition) is 5. The van der Waals surface area contributed by atoms with Crippen LogP contribution in [0.15, 0.2) is 49.1 Å². The Bertz CT molecular complexity index is 912. The normalized spacial score (nSPS) is 10.3. The fourth-order valence-corrected chi connectivity index (χ4v) is 2.24. The number of rotatable bonds is 5. The van der Waals surface area contributed by atoms with Crippen LogP contribution in [0.5, 0.6) is 5.75 Å². The fourth-order valence-electron chi connectivity index (χ4n) is 2.24.